The molecule has 0 spiro atoms. The van der Waals surface area contributed by atoms with Crippen molar-refractivity contribution in [2.24, 2.45) is 5.92 Å². The molecule has 1 aromatic carbocycles. The van der Waals surface area contributed by atoms with Crippen LogP contribution in [-0.4, -0.2) is 30.1 Å². The number of likely N-dealkylation sites (N-methyl/N-ethyl adjacent to an activating group) is 1. The van der Waals surface area contributed by atoms with Crippen LogP contribution in [0.3, 0.4) is 0 Å². The molecule has 21 heavy (non-hydrogen) atoms. The van der Waals surface area contributed by atoms with E-state index in [4.69, 9.17) is 4.42 Å². The topological polar surface area (TPSA) is 36.6 Å². The minimum atomic E-state index is -0.550. The van der Waals surface area contributed by atoms with Crippen LogP contribution in [0.5, 0.6) is 0 Å². The summed E-state index contributed by atoms with van der Waals surface area (Å²) in [7, 11) is 2.10. The average molecular weight is 287 g/mol. The molecule has 0 saturated heterocycles. The van der Waals surface area contributed by atoms with Crippen molar-refractivity contribution in [2.75, 3.05) is 20.1 Å². The van der Waals surface area contributed by atoms with Gasteiger partial charge in [-0.05, 0) is 37.9 Å². The van der Waals surface area contributed by atoms with Gasteiger partial charge in [0.1, 0.15) is 17.4 Å². The lowest BCUT2D eigenvalue weighted by Crippen LogP contribution is -2.30. The standard InChI is InChI=1S/C18H25NO2/c1-19(12-14-7-3-2-4-8-14)13-16(20)18-11-15-9-5-6-10-17(15)21-18/h5-6,9-11,14,16,20H,2-4,7-8,12-13H2,1H3. The first kappa shape index (κ1) is 14.6. The van der Waals surface area contributed by atoms with Crippen molar-refractivity contribution in [3.05, 3.63) is 36.1 Å². The molecule has 0 radical (unpaired) electrons. The van der Waals surface area contributed by atoms with E-state index in [0.717, 1.165) is 23.4 Å². The normalized spacial score (nSPS) is 18.4. The Morgan fingerprint density at radius 2 is 2.00 bits per heavy atom. The molecule has 1 N–H and O–H groups in total. The van der Waals surface area contributed by atoms with Crippen LogP contribution < -0.4 is 0 Å². The third kappa shape index (κ3) is 3.66. The summed E-state index contributed by atoms with van der Waals surface area (Å²) < 4.78 is 5.74. The Morgan fingerprint density at radius 3 is 2.76 bits per heavy atom. The van der Waals surface area contributed by atoms with Crippen molar-refractivity contribution >= 4 is 11.0 Å². The summed E-state index contributed by atoms with van der Waals surface area (Å²) in [6, 6.07) is 9.85. The second kappa shape index (κ2) is 6.63. The summed E-state index contributed by atoms with van der Waals surface area (Å²) in [5, 5.41) is 11.4. The minimum Gasteiger partial charge on any atom is -0.458 e. The number of fused-ring (bicyclic) bond motifs is 1. The van der Waals surface area contributed by atoms with Crippen molar-refractivity contribution in [3.63, 3.8) is 0 Å². The molecule has 1 aromatic heterocycles. The summed E-state index contributed by atoms with van der Waals surface area (Å²) in [5.41, 5.74) is 0.849. The van der Waals surface area contributed by atoms with Crippen LogP contribution >= 0.6 is 0 Å². The molecule has 1 saturated carbocycles. The first-order chi connectivity index (χ1) is 10.2. The number of hydrogen-bond acceptors (Lipinski definition) is 3. The van der Waals surface area contributed by atoms with Gasteiger partial charge in [-0.1, -0.05) is 37.5 Å². The number of hydrogen-bond donors (Lipinski definition) is 1. The van der Waals surface area contributed by atoms with Gasteiger partial charge in [0.25, 0.3) is 0 Å². The molecule has 1 unspecified atom stereocenters. The van der Waals surface area contributed by atoms with Crippen molar-refractivity contribution in [1.29, 1.82) is 0 Å². The molecule has 3 heteroatoms. The summed E-state index contributed by atoms with van der Waals surface area (Å²) in [6.07, 6.45) is 6.25. The SMILES string of the molecule is CN(CC1CCCCC1)CC(O)c1cc2ccccc2o1. The fraction of sp³-hybridized carbons (Fsp3) is 0.556. The molecule has 3 nitrogen and oxygen atoms in total. The molecule has 0 amide bonds. The minimum absolute atomic E-state index is 0.550. The van der Waals surface area contributed by atoms with Gasteiger partial charge < -0.3 is 14.4 Å². The van der Waals surface area contributed by atoms with Gasteiger partial charge in [0.05, 0.1) is 0 Å². The molecule has 1 atom stereocenters. The molecule has 1 fully saturated rings. The van der Waals surface area contributed by atoms with Crippen LogP contribution in [0.2, 0.25) is 0 Å². The van der Waals surface area contributed by atoms with E-state index < -0.39 is 6.10 Å². The quantitative estimate of drug-likeness (QED) is 0.903. The van der Waals surface area contributed by atoms with Crippen LogP contribution in [0.15, 0.2) is 34.7 Å². The maximum atomic E-state index is 10.4. The van der Waals surface area contributed by atoms with E-state index in [2.05, 4.69) is 11.9 Å². The maximum absolute atomic E-state index is 10.4. The highest BCUT2D eigenvalue weighted by Gasteiger charge is 2.19. The molecule has 3 rings (SSSR count). The van der Waals surface area contributed by atoms with Gasteiger partial charge in [0.15, 0.2) is 0 Å². The zero-order chi connectivity index (χ0) is 14.7. The fourth-order valence-corrected chi connectivity index (χ4v) is 3.44. The van der Waals surface area contributed by atoms with Gasteiger partial charge in [0, 0.05) is 18.5 Å². The third-order valence-electron chi connectivity index (χ3n) is 4.55. The van der Waals surface area contributed by atoms with Crippen LogP contribution in [0.1, 0.15) is 44.0 Å². The number of rotatable bonds is 5. The largest absolute Gasteiger partial charge is 0.458 e. The molecule has 1 heterocycles. The van der Waals surface area contributed by atoms with Crippen molar-refractivity contribution in [1.82, 2.24) is 4.90 Å². The van der Waals surface area contributed by atoms with E-state index in [9.17, 15) is 5.11 Å². The number of benzene rings is 1. The average Bonchev–Trinajstić information content (AvgIpc) is 2.92. The Labute approximate surface area is 126 Å². The second-order valence-corrected chi connectivity index (χ2v) is 6.43. The molecule has 0 bridgehead atoms. The third-order valence-corrected chi connectivity index (χ3v) is 4.55. The van der Waals surface area contributed by atoms with E-state index in [1.54, 1.807) is 0 Å². The lowest BCUT2D eigenvalue weighted by Gasteiger charge is -2.27. The smallest absolute Gasteiger partial charge is 0.135 e. The summed E-state index contributed by atoms with van der Waals surface area (Å²) in [6.45, 7) is 1.72. The molecule has 2 aromatic rings. The first-order valence-corrected chi connectivity index (χ1v) is 8.07. The highest BCUT2D eigenvalue weighted by molar-refractivity contribution is 5.77. The fourth-order valence-electron chi connectivity index (χ4n) is 3.44. The van der Waals surface area contributed by atoms with Crippen LogP contribution in [0.4, 0.5) is 0 Å². The van der Waals surface area contributed by atoms with Crippen LogP contribution in [0.25, 0.3) is 11.0 Å². The van der Waals surface area contributed by atoms with Gasteiger partial charge in [0.2, 0.25) is 0 Å². The molecular weight excluding hydrogens is 262 g/mol. The van der Waals surface area contributed by atoms with Crippen LogP contribution in [0, 0.1) is 5.92 Å². The highest BCUT2D eigenvalue weighted by Crippen LogP contribution is 2.26. The first-order valence-electron chi connectivity index (χ1n) is 8.07. The van der Waals surface area contributed by atoms with Gasteiger partial charge in [-0.15, -0.1) is 0 Å². The maximum Gasteiger partial charge on any atom is 0.135 e. The van der Waals surface area contributed by atoms with E-state index >= 15 is 0 Å². The summed E-state index contributed by atoms with van der Waals surface area (Å²) in [4.78, 5) is 2.24. The van der Waals surface area contributed by atoms with E-state index in [1.807, 2.05) is 30.3 Å². The van der Waals surface area contributed by atoms with E-state index in [0.29, 0.717) is 12.3 Å². The Kier molecular flexibility index (Phi) is 4.61. The van der Waals surface area contributed by atoms with E-state index in [1.165, 1.54) is 32.1 Å². The van der Waals surface area contributed by atoms with Gasteiger partial charge in [-0.2, -0.15) is 0 Å². The molecule has 114 valence electrons. The summed E-state index contributed by atoms with van der Waals surface area (Å²) >= 11 is 0. The molecule has 0 aliphatic heterocycles. The monoisotopic (exact) mass is 287 g/mol. The van der Waals surface area contributed by atoms with E-state index in [-0.39, 0.29) is 0 Å². The van der Waals surface area contributed by atoms with Gasteiger partial charge in [-0.25, -0.2) is 0 Å². The predicted octanol–water partition coefficient (Wildman–Crippen LogP) is 3.98. The lowest BCUT2D eigenvalue weighted by atomic mass is 9.89. The lowest BCUT2D eigenvalue weighted by molar-refractivity contribution is 0.0966. The van der Waals surface area contributed by atoms with Gasteiger partial charge >= 0.3 is 0 Å². The zero-order valence-corrected chi connectivity index (χ0v) is 12.8. The second-order valence-electron chi connectivity index (χ2n) is 6.43. The molecular formula is C18H25NO2. The van der Waals surface area contributed by atoms with Gasteiger partial charge in [-0.3, -0.25) is 0 Å². The number of nitrogens with zero attached hydrogens (tertiary/aromatic N) is 1. The Balaban J connectivity index is 1.58. The zero-order valence-electron chi connectivity index (χ0n) is 12.8. The Hall–Kier alpha value is -1.32. The number of furan rings is 1. The van der Waals surface area contributed by atoms with Crippen molar-refractivity contribution in [3.8, 4) is 0 Å². The number of aliphatic hydroxyl groups excluding tert-OH is 1. The number of aliphatic hydroxyl groups is 1. The molecule has 1 aliphatic carbocycles. The highest BCUT2D eigenvalue weighted by atomic mass is 16.4. The summed E-state index contributed by atoms with van der Waals surface area (Å²) in [5.74, 6) is 1.47. The number of para-hydroxylation sites is 1. The molecule has 1 aliphatic rings. The van der Waals surface area contributed by atoms with Crippen LogP contribution in [-0.2, 0) is 0 Å². The predicted molar refractivity (Wildman–Crippen MR) is 85.2 cm³/mol. The Morgan fingerprint density at radius 1 is 1.24 bits per heavy atom. The Bertz CT molecular complexity index is 538. The van der Waals surface area contributed by atoms with Crippen molar-refractivity contribution < 1.29 is 9.52 Å². The van der Waals surface area contributed by atoms with Crippen molar-refractivity contribution in [2.45, 2.75) is 38.2 Å².